The molecule has 4 heteroatoms. The van der Waals surface area contributed by atoms with Gasteiger partial charge in [-0.2, -0.15) is 0 Å². The van der Waals surface area contributed by atoms with Crippen molar-refractivity contribution in [2.75, 3.05) is 7.11 Å². The molecule has 0 radical (unpaired) electrons. The summed E-state index contributed by atoms with van der Waals surface area (Å²) in [6, 6.07) is 0. The zero-order chi connectivity index (χ0) is 8.72. The molecule has 4 nitrogen and oxygen atoms in total. The number of aliphatic hydroxyl groups excluding tert-OH is 1. The van der Waals surface area contributed by atoms with Crippen molar-refractivity contribution < 1.29 is 19.4 Å². The van der Waals surface area contributed by atoms with E-state index >= 15 is 0 Å². The average Bonchev–Trinajstić information content (AvgIpc) is 2.60. The van der Waals surface area contributed by atoms with E-state index in [2.05, 4.69) is 4.74 Å². The number of fused-ring (bicyclic) bond motifs is 2. The SMILES string of the molecule is COC(=O)C1CC2OC1CC2O. The molecule has 12 heavy (non-hydrogen) atoms. The van der Waals surface area contributed by atoms with Gasteiger partial charge < -0.3 is 14.6 Å². The fourth-order valence-electron chi connectivity index (χ4n) is 2.03. The molecule has 0 aromatic carbocycles. The lowest BCUT2D eigenvalue weighted by molar-refractivity contribution is -0.147. The van der Waals surface area contributed by atoms with Crippen LogP contribution in [0, 0.1) is 5.92 Å². The Morgan fingerprint density at radius 3 is 2.67 bits per heavy atom. The van der Waals surface area contributed by atoms with E-state index in [1.54, 1.807) is 0 Å². The van der Waals surface area contributed by atoms with Crippen LogP contribution < -0.4 is 0 Å². The van der Waals surface area contributed by atoms with Crippen molar-refractivity contribution >= 4 is 5.97 Å². The van der Waals surface area contributed by atoms with E-state index in [0.29, 0.717) is 12.8 Å². The Balaban J connectivity index is 2.02. The molecule has 2 bridgehead atoms. The monoisotopic (exact) mass is 172 g/mol. The largest absolute Gasteiger partial charge is 0.469 e. The molecule has 2 rings (SSSR count). The molecule has 4 atom stereocenters. The molecular weight excluding hydrogens is 160 g/mol. The summed E-state index contributed by atoms with van der Waals surface area (Å²) in [6.45, 7) is 0. The third-order valence-electron chi connectivity index (χ3n) is 2.69. The standard InChI is InChI=1S/C8H12O4/c1-11-8(10)4-2-7-5(9)3-6(4)12-7/h4-7,9H,2-3H2,1H3. The van der Waals surface area contributed by atoms with Crippen molar-refractivity contribution in [3.8, 4) is 0 Å². The van der Waals surface area contributed by atoms with E-state index in [1.807, 2.05) is 0 Å². The Bertz CT molecular complexity index is 201. The van der Waals surface area contributed by atoms with Gasteiger partial charge in [-0.3, -0.25) is 4.79 Å². The van der Waals surface area contributed by atoms with Gasteiger partial charge in [0.25, 0.3) is 0 Å². The highest BCUT2D eigenvalue weighted by molar-refractivity contribution is 5.73. The Morgan fingerprint density at radius 2 is 2.25 bits per heavy atom. The number of carbonyl (C=O) groups is 1. The smallest absolute Gasteiger partial charge is 0.311 e. The summed E-state index contributed by atoms with van der Waals surface area (Å²) in [4.78, 5) is 11.1. The fourth-order valence-corrected chi connectivity index (χ4v) is 2.03. The van der Waals surface area contributed by atoms with E-state index in [0.717, 1.165) is 0 Å². The van der Waals surface area contributed by atoms with Crippen LogP contribution in [0.1, 0.15) is 12.8 Å². The van der Waals surface area contributed by atoms with E-state index < -0.39 is 0 Å². The Morgan fingerprint density at radius 1 is 1.50 bits per heavy atom. The highest BCUT2D eigenvalue weighted by Gasteiger charge is 2.49. The van der Waals surface area contributed by atoms with E-state index in [4.69, 9.17) is 4.74 Å². The maximum Gasteiger partial charge on any atom is 0.311 e. The molecule has 68 valence electrons. The maximum atomic E-state index is 11.1. The minimum Gasteiger partial charge on any atom is -0.469 e. The van der Waals surface area contributed by atoms with Crippen molar-refractivity contribution in [3.05, 3.63) is 0 Å². The van der Waals surface area contributed by atoms with Gasteiger partial charge in [0.2, 0.25) is 0 Å². The molecule has 2 fully saturated rings. The molecule has 1 N–H and O–H groups in total. The van der Waals surface area contributed by atoms with Crippen molar-refractivity contribution in [2.24, 2.45) is 5.92 Å². The van der Waals surface area contributed by atoms with Crippen molar-refractivity contribution in [3.63, 3.8) is 0 Å². The molecule has 0 amide bonds. The number of ether oxygens (including phenoxy) is 2. The van der Waals surface area contributed by atoms with Gasteiger partial charge in [0.15, 0.2) is 0 Å². The summed E-state index contributed by atoms with van der Waals surface area (Å²) < 4.78 is 9.99. The van der Waals surface area contributed by atoms with Crippen molar-refractivity contribution in [1.29, 1.82) is 0 Å². The summed E-state index contributed by atoms with van der Waals surface area (Å²) in [6.07, 6.45) is 0.551. The van der Waals surface area contributed by atoms with Gasteiger partial charge in [-0.25, -0.2) is 0 Å². The molecule has 2 saturated heterocycles. The van der Waals surface area contributed by atoms with Crippen LogP contribution >= 0.6 is 0 Å². The molecule has 2 heterocycles. The number of methoxy groups -OCH3 is 1. The lowest BCUT2D eigenvalue weighted by atomic mass is 9.88. The van der Waals surface area contributed by atoms with Gasteiger partial charge in [0.1, 0.15) is 0 Å². The number of hydrogen-bond acceptors (Lipinski definition) is 4. The first-order valence-electron chi connectivity index (χ1n) is 4.13. The molecule has 0 aromatic rings. The molecule has 0 saturated carbocycles. The van der Waals surface area contributed by atoms with Crippen LogP contribution in [0.5, 0.6) is 0 Å². The predicted octanol–water partition coefficient (Wildman–Crippen LogP) is -0.302. The number of carbonyl (C=O) groups excluding carboxylic acids is 1. The minimum atomic E-state index is -0.379. The highest BCUT2D eigenvalue weighted by atomic mass is 16.5. The Hall–Kier alpha value is -0.610. The van der Waals surface area contributed by atoms with Gasteiger partial charge in [-0.1, -0.05) is 0 Å². The van der Waals surface area contributed by atoms with Gasteiger partial charge >= 0.3 is 5.97 Å². The third kappa shape index (κ3) is 1.03. The number of hydrogen-bond donors (Lipinski definition) is 1. The Kier molecular flexibility index (Phi) is 1.81. The van der Waals surface area contributed by atoms with Crippen LogP contribution in [0.3, 0.4) is 0 Å². The predicted molar refractivity (Wildman–Crippen MR) is 39.4 cm³/mol. The van der Waals surface area contributed by atoms with E-state index in [-0.39, 0.29) is 30.2 Å². The zero-order valence-electron chi connectivity index (χ0n) is 6.90. The topological polar surface area (TPSA) is 55.8 Å². The zero-order valence-corrected chi connectivity index (χ0v) is 6.90. The number of esters is 1. The van der Waals surface area contributed by atoms with Gasteiger partial charge in [0, 0.05) is 6.42 Å². The second-order valence-electron chi connectivity index (χ2n) is 3.38. The van der Waals surface area contributed by atoms with Crippen LogP contribution in [0.25, 0.3) is 0 Å². The van der Waals surface area contributed by atoms with Gasteiger partial charge in [-0.05, 0) is 6.42 Å². The first-order valence-corrected chi connectivity index (χ1v) is 4.13. The highest BCUT2D eigenvalue weighted by Crippen LogP contribution is 2.39. The Labute approximate surface area is 70.5 Å². The first-order chi connectivity index (χ1) is 5.72. The first kappa shape index (κ1) is 8.01. The van der Waals surface area contributed by atoms with Crippen LogP contribution in [0.4, 0.5) is 0 Å². The lowest BCUT2D eigenvalue weighted by Gasteiger charge is -2.18. The molecule has 0 aliphatic carbocycles. The van der Waals surface area contributed by atoms with Crippen LogP contribution in [0.2, 0.25) is 0 Å². The molecule has 0 aromatic heterocycles. The normalized spacial score (nSPS) is 44.8. The van der Waals surface area contributed by atoms with Crippen molar-refractivity contribution in [1.82, 2.24) is 0 Å². The number of rotatable bonds is 1. The van der Waals surface area contributed by atoms with Gasteiger partial charge in [-0.15, -0.1) is 0 Å². The van der Waals surface area contributed by atoms with Crippen LogP contribution in [-0.2, 0) is 14.3 Å². The van der Waals surface area contributed by atoms with E-state index in [9.17, 15) is 9.90 Å². The molecule has 2 aliphatic rings. The summed E-state index contributed by atoms with van der Waals surface area (Å²) in [5.74, 6) is -0.363. The van der Waals surface area contributed by atoms with Crippen LogP contribution in [0.15, 0.2) is 0 Å². The molecular formula is C8H12O4. The minimum absolute atomic E-state index is 0.113. The van der Waals surface area contributed by atoms with Crippen molar-refractivity contribution in [2.45, 2.75) is 31.2 Å². The quantitative estimate of drug-likeness (QED) is 0.551. The third-order valence-corrected chi connectivity index (χ3v) is 2.69. The summed E-state index contributed by atoms with van der Waals surface area (Å²) in [5, 5.41) is 9.31. The second kappa shape index (κ2) is 2.71. The van der Waals surface area contributed by atoms with Crippen LogP contribution in [-0.4, -0.2) is 36.5 Å². The fraction of sp³-hybridized carbons (Fsp3) is 0.875. The summed E-state index contributed by atoms with van der Waals surface area (Å²) >= 11 is 0. The molecule has 0 spiro atoms. The molecule has 4 unspecified atom stereocenters. The summed E-state index contributed by atoms with van der Waals surface area (Å²) in [5.41, 5.74) is 0. The van der Waals surface area contributed by atoms with Gasteiger partial charge in [0.05, 0.1) is 31.3 Å². The average molecular weight is 172 g/mol. The number of aliphatic hydroxyl groups is 1. The summed E-state index contributed by atoms with van der Waals surface area (Å²) in [7, 11) is 1.38. The maximum absolute atomic E-state index is 11.1. The molecule has 2 aliphatic heterocycles. The lowest BCUT2D eigenvalue weighted by Crippen LogP contribution is -2.32. The van der Waals surface area contributed by atoms with E-state index in [1.165, 1.54) is 7.11 Å². The second-order valence-corrected chi connectivity index (χ2v) is 3.38.